The maximum Gasteiger partial charge on any atom is 0.118 e. The van der Waals surface area contributed by atoms with Gasteiger partial charge in [0, 0.05) is 4.83 Å². The van der Waals surface area contributed by atoms with Crippen LogP contribution in [0, 0.1) is 29.6 Å². The van der Waals surface area contributed by atoms with Crippen molar-refractivity contribution >= 4 is 15.9 Å². The third-order valence-corrected chi connectivity index (χ3v) is 7.24. The zero-order chi connectivity index (χ0) is 14.4. The number of alkyl halides is 1. The van der Waals surface area contributed by atoms with Crippen LogP contribution in [0.3, 0.4) is 0 Å². The van der Waals surface area contributed by atoms with E-state index >= 15 is 0 Å². The lowest BCUT2D eigenvalue weighted by molar-refractivity contribution is -0.0360. The molecule has 0 heterocycles. The number of methoxy groups -OCH3 is 1. The first kappa shape index (κ1) is 14.1. The Labute approximate surface area is 136 Å². The number of rotatable bonds is 4. The molecule has 1 aromatic rings. The predicted octanol–water partition coefficient (Wildman–Crippen LogP) is 5.07. The summed E-state index contributed by atoms with van der Waals surface area (Å²) < 4.78 is 5.26. The summed E-state index contributed by atoms with van der Waals surface area (Å²) in [6.07, 6.45) is 8.78. The fourth-order valence-corrected chi connectivity index (χ4v) is 6.92. The first-order chi connectivity index (χ1) is 10.2. The van der Waals surface area contributed by atoms with E-state index in [1.807, 2.05) is 0 Å². The summed E-state index contributed by atoms with van der Waals surface area (Å²) in [4.78, 5) is 0.654. The van der Waals surface area contributed by atoms with E-state index in [0.29, 0.717) is 4.83 Å². The molecule has 4 saturated carbocycles. The molecular formula is C19H25BrO. The Morgan fingerprint density at radius 1 is 1.00 bits per heavy atom. The highest BCUT2D eigenvalue weighted by Crippen LogP contribution is 2.58. The summed E-state index contributed by atoms with van der Waals surface area (Å²) >= 11 is 4.07. The summed E-state index contributed by atoms with van der Waals surface area (Å²) in [6, 6.07) is 8.63. The van der Waals surface area contributed by atoms with Crippen LogP contribution in [-0.4, -0.2) is 11.9 Å². The van der Waals surface area contributed by atoms with Gasteiger partial charge in [0.25, 0.3) is 0 Å². The standard InChI is InChI=1S/C19H25BrO/c1-21-17-4-2-12(3-5-17)11-18(20)19-15-7-13-6-14(9-15)10-16(19)8-13/h2-5,13-16,18-19H,6-11H2,1H3. The molecule has 0 radical (unpaired) electrons. The molecule has 0 saturated heterocycles. The molecular weight excluding hydrogens is 324 g/mol. The molecule has 0 amide bonds. The second kappa shape index (κ2) is 5.61. The third-order valence-electron chi connectivity index (χ3n) is 6.31. The van der Waals surface area contributed by atoms with E-state index in [1.54, 1.807) is 13.5 Å². The van der Waals surface area contributed by atoms with Gasteiger partial charge in [0.2, 0.25) is 0 Å². The minimum atomic E-state index is 0.654. The van der Waals surface area contributed by atoms with Crippen LogP contribution in [0.4, 0.5) is 0 Å². The zero-order valence-corrected chi connectivity index (χ0v) is 14.4. The number of hydrogen-bond donors (Lipinski definition) is 0. The van der Waals surface area contributed by atoms with Gasteiger partial charge in [0.15, 0.2) is 0 Å². The summed E-state index contributed by atoms with van der Waals surface area (Å²) in [5.41, 5.74) is 1.44. The highest BCUT2D eigenvalue weighted by atomic mass is 79.9. The molecule has 4 aliphatic carbocycles. The molecule has 0 spiro atoms. The van der Waals surface area contributed by atoms with Crippen molar-refractivity contribution in [3.8, 4) is 5.75 Å². The van der Waals surface area contributed by atoms with Crippen molar-refractivity contribution in [2.45, 2.75) is 43.4 Å². The first-order valence-corrected chi connectivity index (χ1v) is 9.41. The van der Waals surface area contributed by atoms with Crippen molar-refractivity contribution < 1.29 is 4.74 Å². The Kier molecular flexibility index (Phi) is 3.77. The van der Waals surface area contributed by atoms with Crippen molar-refractivity contribution in [1.82, 2.24) is 0 Å². The Morgan fingerprint density at radius 3 is 2.10 bits per heavy atom. The van der Waals surface area contributed by atoms with E-state index in [9.17, 15) is 0 Å². The van der Waals surface area contributed by atoms with Crippen LogP contribution in [-0.2, 0) is 6.42 Å². The van der Waals surface area contributed by atoms with Gasteiger partial charge in [0.05, 0.1) is 7.11 Å². The molecule has 0 N–H and O–H groups in total. The van der Waals surface area contributed by atoms with E-state index < -0.39 is 0 Å². The molecule has 1 nitrogen and oxygen atoms in total. The van der Waals surface area contributed by atoms with Gasteiger partial charge in [-0.15, -0.1) is 0 Å². The zero-order valence-electron chi connectivity index (χ0n) is 12.8. The van der Waals surface area contributed by atoms with Crippen molar-refractivity contribution in [2.24, 2.45) is 29.6 Å². The number of hydrogen-bond acceptors (Lipinski definition) is 1. The van der Waals surface area contributed by atoms with Crippen molar-refractivity contribution in [2.75, 3.05) is 7.11 Å². The lowest BCUT2D eigenvalue weighted by Gasteiger charge is -2.55. The van der Waals surface area contributed by atoms with Crippen LogP contribution in [0.5, 0.6) is 5.75 Å². The van der Waals surface area contributed by atoms with E-state index in [0.717, 1.165) is 41.8 Å². The van der Waals surface area contributed by atoms with Gasteiger partial charge >= 0.3 is 0 Å². The SMILES string of the molecule is COc1ccc(CC(Br)C2C3CC4CC(C3)CC2C4)cc1. The van der Waals surface area contributed by atoms with Gasteiger partial charge in [-0.25, -0.2) is 0 Å². The Balaban J connectivity index is 1.45. The Bertz CT molecular complexity index is 467. The first-order valence-electron chi connectivity index (χ1n) is 8.50. The molecule has 2 heteroatoms. The van der Waals surface area contributed by atoms with Crippen molar-refractivity contribution in [3.05, 3.63) is 29.8 Å². The summed E-state index contributed by atoms with van der Waals surface area (Å²) in [6.45, 7) is 0. The van der Waals surface area contributed by atoms with E-state index in [1.165, 1.54) is 31.2 Å². The monoisotopic (exact) mass is 348 g/mol. The highest BCUT2D eigenvalue weighted by Gasteiger charge is 2.49. The maximum atomic E-state index is 5.26. The number of halogens is 1. The molecule has 1 aromatic carbocycles. The fourth-order valence-electron chi connectivity index (χ4n) is 5.68. The van der Waals surface area contributed by atoms with E-state index in [-0.39, 0.29) is 0 Å². The van der Waals surface area contributed by atoms with E-state index in [2.05, 4.69) is 40.2 Å². The molecule has 114 valence electrons. The minimum Gasteiger partial charge on any atom is -0.497 e. The normalized spacial score (nSPS) is 38.5. The molecule has 5 rings (SSSR count). The van der Waals surface area contributed by atoms with Crippen molar-refractivity contribution in [3.63, 3.8) is 0 Å². The third kappa shape index (κ3) is 2.65. The molecule has 4 fully saturated rings. The highest BCUT2D eigenvalue weighted by molar-refractivity contribution is 9.09. The quantitative estimate of drug-likeness (QED) is 0.690. The van der Waals surface area contributed by atoms with Gasteiger partial charge in [-0.1, -0.05) is 28.1 Å². The average Bonchev–Trinajstić information content (AvgIpc) is 2.47. The lowest BCUT2D eigenvalue weighted by Crippen LogP contribution is -2.48. The van der Waals surface area contributed by atoms with Crippen LogP contribution < -0.4 is 4.74 Å². The molecule has 0 aliphatic heterocycles. The predicted molar refractivity (Wildman–Crippen MR) is 89.9 cm³/mol. The average molecular weight is 349 g/mol. The molecule has 21 heavy (non-hydrogen) atoms. The van der Waals surface area contributed by atoms with E-state index in [4.69, 9.17) is 4.74 Å². The second-order valence-electron chi connectivity index (χ2n) is 7.58. The number of benzene rings is 1. The molecule has 0 aromatic heterocycles. The minimum absolute atomic E-state index is 0.654. The maximum absolute atomic E-state index is 5.26. The topological polar surface area (TPSA) is 9.23 Å². The van der Waals surface area contributed by atoms with Crippen LogP contribution in [0.1, 0.15) is 37.7 Å². The smallest absolute Gasteiger partial charge is 0.118 e. The van der Waals surface area contributed by atoms with Gasteiger partial charge in [-0.05, 0) is 85.8 Å². The summed E-state index contributed by atoms with van der Waals surface area (Å²) in [7, 11) is 1.73. The van der Waals surface area contributed by atoms with Gasteiger partial charge < -0.3 is 4.74 Å². The number of ether oxygens (including phenoxy) is 1. The van der Waals surface area contributed by atoms with Crippen molar-refractivity contribution in [1.29, 1.82) is 0 Å². The Morgan fingerprint density at radius 2 is 1.57 bits per heavy atom. The fraction of sp³-hybridized carbons (Fsp3) is 0.684. The van der Waals surface area contributed by atoms with Gasteiger partial charge in [-0.2, -0.15) is 0 Å². The molecule has 1 unspecified atom stereocenters. The van der Waals surface area contributed by atoms with Crippen LogP contribution >= 0.6 is 15.9 Å². The molecule has 4 bridgehead atoms. The van der Waals surface area contributed by atoms with Gasteiger partial charge in [0.1, 0.15) is 5.75 Å². The van der Waals surface area contributed by atoms with Crippen LogP contribution in [0.25, 0.3) is 0 Å². The lowest BCUT2D eigenvalue weighted by atomic mass is 9.51. The largest absolute Gasteiger partial charge is 0.497 e. The van der Waals surface area contributed by atoms with Crippen LogP contribution in [0.15, 0.2) is 24.3 Å². The molecule has 1 atom stereocenters. The van der Waals surface area contributed by atoms with Crippen LogP contribution in [0.2, 0.25) is 0 Å². The Hall–Kier alpha value is -0.500. The molecule has 4 aliphatic rings. The van der Waals surface area contributed by atoms with Gasteiger partial charge in [-0.3, -0.25) is 0 Å². The second-order valence-corrected chi connectivity index (χ2v) is 8.75. The summed E-state index contributed by atoms with van der Waals surface area (Å²) in [5.74, 6) is 6.03. The summed E-state index contributed by atoms with van der Waals surface area (Å²) in [5, 5.41) is 0.